The van der Waals surface area contributed by atoms with Crippen molar-refractivity contribution in [1.82, 2.24) is 47.9 Å². The number of hydrogen-bond donors (Lipinski definition) is 15. The first-order valence-corrected chi connectivity index (χ1v) is 26.1. The van der Waals surface area contributed by atoms with E-state index in [4.69, 9.17) is 22.9 Å². The average Bonchev–Trinajstić information content (AvgIpc) is 3.32. The van der Waals surface area contributed by atoms with Crippen LogP contribution >= 0.6 is 11.8 Å². The normalized spacial score (nSPS) is 15.7. The van der Waals surface area contributed by atoms with Gasteiger partial charge < -0.3 is 81.0 Å². The topological polar surface area (TPSA) is 436 Å². The summed E-state index contributed by atoms with van der Waals surface area (Å²) >= 11 is 1.37. The van der Waals surface area contributed by atoms with Crippen LogP contribution in [0.2, 0.25) is 0 Å². The molecule has 0 rings (SSSR count). The molecule has 0 radical (unpaired) electrons. The largest absolute Gasteiger partial charge is 0.480 e. The molecule has 0 unspecified atom stereocenters. The quantitative estimate of drug-likeness (QED) is 0.0164. The van der Waals surface area contributed by atoms with Crippen LogP contribution in [0.4, 0.5) is 0 Å². The molecule has 26 nitrogen and oxygen atoms in total. The first kappa shape index (κ1) is 67.2. The van der Waals surface area contributed by atoms with Gasteiger partial charge in [-0.05, 0) is 95.6 Å². The lowest BCUT2D eigenvalue weighted by Gasteiger charge is -2.29. The Morgan fingerprint density at radius 2 is 1.00 bits per heavy atom. The molecule has 0 aromatic heterocycles. The molecule has 19 N–H and O–H groups in total. The van der Waals surface area contributed by atoms with Gasteiger partial charge in [0.05, 0.1) is 12.6 Å². The summed E-state index contributed by atoms with van der Waals surface area (Å²) in [6.07, 6.45) is 4.26. The monoisotopic (exact) mass is 1060 g/mol. The molecule has 418 valence electrons. The maximum absolute atomic E-state index is 14.0. The Morgan fingerprint density at radius 1 is 0.548 bits per heavy atom. The Kier molecular flexibility index (Phi) is 32.6. The zero-order valence-corrected chi connectivity index (χ0v) is 44.9. The number of thioether (sulfide) groups is 1. The number of aliphatic imine (C=N–C) groups is 1. The number of unbranched alkanes of at least 4 members (excludes halogenated alkanes) is 1. The number of hydrogen-bond acceptors (Lipinski definition) is 15. The van der Waals surface area contributed by atoms with Gasteiger partial charge in [-0.3, -0.25) is 48.1 Å². The minimum Gasteiger partial charge on any atom is -0.480 e. The predicted molar refractivity (Wildman–Crippen MR) is 277 cm³/mol. The van der Waals surface area contributed by atoms with Gasteiger partial charge in [0.1, 0.15) is 54.4 Å². The Bertz CT molecular complexity index is 1860. The summed E-state index contributed by atoms with van der Waals surface area (Å²) in [5.41, 5.74) is 22.4. The highest BCUT2D eigenvalue weighted by molar-refractivity contribution is 7.98. The molecule has 0 aromatic carbocycles. The van der Waals surface area contributed by atoms with Crippen molar-refractivity contribution >= 4 is 76.9 Å². The van der Waals surface area contributed by atoms with Crippen molar-refractivity contribution < 1.29 is 58.2 Å². The van der Waals surface area contributed by atoms with E-state index in [1.165, 1.54) is 32.5 Å². The molecule has 0 bridgehead atoms. The third-order valence-electron chi connectivity index (χ3n) is 11.6. The number of guanidine groups is 1. The lowest BCUT2D eigenvalue weighted by atomic mass is 9.97. The first-order valence-electron chi connectivity index (χ1n) is 24.7. The van der Waals surface area contributed by atoms with Crippen molar-refractivity contribution in [2.24, 2.45) is 45.7 Å². The predicted octanol–water partition coefficient (Wildman–Crippen LogP) is -3.50. The summed E-state index contributed by atoms with van der Waals surface area (Å²) in [4.78, 5) is 136. The number of aliphatic carboxylic acids is 1. The summed E-state index contributed by atoms with van der Waals surface area (Å²) in [6.45, 7) is 14.2. The molecule has 0 saturated carbocycles. The standard InChI is InChI=1S/C46H86N14O12S/c1-11-25(6)35(44(70)54-27(8)37(63)56-31(17-20-73-10)40(66)58-33(22-61)45(71)72)60-38(64)28(9)53-42(68)32(21-23(2)3)57-43(69)34(24(4)5)59-41(67)30(16-14-19-51-46(49)50)55-36(62)26(7)52-39(65)29(48)15-12-13-18-47/h23-35,61H,11-22,47-48H2,1-10H3,(H,52,65)(H,53,68)(H,54,70)(H,55,62)(H,56,63)(H,57,69)(H,58,66)(H,59,67)(H,60,64)(H,71,72)(H4,49,50,51)/t25-,26-,27-,28-,29-,30-,31-,32-,33-,34-,35-/m0/s1. The first-order chi connectivity index (χ1) is 34.1. The zero-order valence-electron chi connectivity index (χ0n) is 44.1. The number of rotatable bonds is 36. The van der Waals surface area contributed by atoms with Gasteiger partial charge in [0.2, 0.25) is 53.2 Å². The number of aliphatic hydroxyl groups excluding tert-OH is 1. The minimum absolute atomic E-state index is 0.0237. The van der Waals surface area contributed by atoms with Crippen molar-refractivity contribution in [3.05, 3.63) is 0 Å². The second-order valence-corrected chi connectivity index (χ2v) is 19.8. The third kappa shape index (κ3) is 26.1. The summed E-state index contributed by atoms with van der Waals surface area (Å²) < 4.78 is 0. The van der Waals surface area contributed by atoms with Gasteiger partial charge in [0.15, 0.2) is 5.96 Å². The molecule has 27 heteroatoms. The van der Waals surface area contributed by atoms with Crippen molar-refractivity contribution in [2.45, 2.75) is 174 Å². The smallest absolute Gasteiger partial charge is 0.328 e. The van der Waals surface area contributed by atoms with E-state index in [0.29, 0.717) is 38.0 Å². The van der Waals surface area contributed by atoms with Crippen LogP contribution in [0.15, 0.2) is 4.99 Å². The number of nitrogens with two attached hydrogens (primary N) is 4. The van der Waals surface area contributed by atoms with Crippen LogP contribution in [0.1, 0.15) is 114 Å². The van der Waals surface area contributed by atoms with Crippen LogP contribution in [0.3, 0.4) is 0 Å². The number of aliphatic hydroxyl groups is 1. The van der Waals surface area contributed by atoms with E-state index in [9.17, 15) is 58.2 Å². The fourth-order valence-electron chi connectivity index (χ4n) is 6.84. The maximum Gasteiger partial charge on any atom is 0.328 e. The highest BCUT2D eigenvalue weighted by Gasteiger charge is 2.35. The maximum atomic E-state index is 14.0. The molecule has 0 aromatic rings. The Balaban J connectivity index is 6.16. The molecule has 0 aliphatic carbocycles. The molecule has 0 fully saturated rings. The minimum atomic E-state index is -1.60. The van der Waals surface area contributed by atoms with Gasteiger partial charge in [-0.25, -0.2) is 4.79 Å². The van der Waals surface area contributed by atoms with E-state index in [-0.39, 0.29) is 44.1 Å². The van der Waals surface area contributed by atoms with Crippen molar-refractivity contribution in [1.29, 1.82) is 0 Å². The molecule has 11 atom stereocenters. The molecule has 0 aliphatic rings. The number of amides is 9. The number of carbonyl (C=O) groups excluding carboxylic acids is 9. The van der Waals surface area contributed by atoms with Gasteiger partial charge >= 0.3 is 5.97 Å². The molecule has 0 spiro atoms. The van der Waals surface area contributed by atoms with E-state index in [1.54, 1.807) is 47.8 Å². The van der Waals surface area contributed by atoms with E-state index in [0.717, 1.165) is 0 Å². The third-order valence-corrected chi connectivity index (χ3v) is 12.2. The van der Waals surface area contributed by atoms with Crippen LogP contribution in [-0.2, 0) is 47.9 Å². The highest BCUT2D eigenvalue weighted by atomic mass is 32.2. The van der Waals surface area contributed by atoms with Crippen LogP contribution in [0.5, 0.6) is 0 Å². The van der Waals surface area contributed by atoms with Gasteiger partial charge in [-0.1, -0.05) is 54.4 Å². The number of carboxylic acids is 1. The molecule has 0 saturated heterocycles. The van der Waals surface area contributed by atoms with Crippen LogP contribution in [-0.4, -0.2) is 167 Å². The van der Waals surface area contributed by atoms with Gasteiger partial charge in [0, 0.05) is 6.54 Å². The van der Waals surface area contributed by atoms with Gasteiger partial charge in [-0.2, -0.15) is 11.8 Å². The zero-order chi connectivity index (χ0) is 56.1. The van der Waals surface area contributed by atoms with Crippen LogP contribution in [0, 0.1) is 17.8 Å². The number of carboxylic acid groups (broad SMARTS) is 1. The summed E-state index contributed by atoms with van der Waals surface area (Å²) in [7, 11) is 0. The molecule has 73 heavy (non-hydrogen) atoms. The fraction of sp³-hybridized carbons (Fsp3) is 0.761. The fourth-order valence-corrected chi connectivity index (χ4v) is 7.31. The summed E-state index contributed by atoms with van der Waals surface area (Å²) in [6, 6.07) is -12.2. The molecular formula is C46H86N14O12S. The number of carbonyl (C=O) groups is 10. The van der Waals surface area contributed by atoms with Gasteiger partial charge in [0.25, 0.3) is 0 Å². The Labute approximate surface area is 433 Å². The Hall–Kier alpha value is -5.80. The summed E-state index contributed by atoms with van der Waals surface area (Å²) in [5.74, 6) is -9.11. The van der Waals surface area contributed by atoms with E-state index < -0.39 is 138 Å². The number of nitrogens with one attached hydrogen (secondary N) is 9. The van der Waals surface area contributed by atoms with Gasteiger partial charge in [-0.15, -0.1) is 0 Å². The Morgan fingerprint density at radius 3 is 1.48 bits per heavy atom. The molecular weight excluding hydrogens is 973 g/mol. The van der Waals surface area contributed by atoms with Crippen LogP contribution in [0.25, 0.3) is 0 Å². The second kappa shape index (κ2) is 35.4. The van der Waals surface area contributed by atoms with E-state index in [2.05, 4.69) is 52.8 Å². The highest BCUT2D eigenvalue weighted by Crippen LogP contribution is 2.12. The number of nitrogens with zero attached hydrogens (tertiary/aromatic N) is 1. The van der Waals surface area contributed by atoms with Crippen molar-refractivity contribution in [2.75, 3.05) is 31.7 Å². The van der Waals surface area contributed by atoms with Crippen molar-refractivity contribution in [3.63, 3.8) is 0 Å². The molecule has 0 heterocycles. The van der Waals surface area contributed by atoms with E-state index in [1.807, 2.05) is 0 Å². The van der Waals surface area contributed by atoms with Crippen LogP contribution < -0.4 is 70.8 Å². The lowest BCUT2D eigenvalue weighted by molar-refractivity contribution is -0.143. The molecule has 0 aliphatic heterocycles. The summed E-state index contributed by atoms with van der Waals surface area (Å²) in [5, 5.41) is 41.6. The average molecular weight is 1060 g/mol. The molecule has 9 amide bonds. The van der Waals surface area contributed by atoms with Crippen molar-refractivity contribution in [3.8, 4) is 0 Å². The van der Waals surface area contributed by atoms with E-state index >= 15 is 0 Å². The lowest BCUT2D eigenvalue weighted by Crippen LogP contribution is -2.61. The second-order valence-electron chi connectivity index (χ2n) is 18.8. The SMILES string of the molecule is CC[C@H](C)[C@H](NC(=O)[C@H](C)NC(=O)[C@H](CC(C)C)NC(=O)[C@@H](NC(=O)[C@H](CCCN=C(N)N)NC(=O)[C@H](C)NC(=O)[C@@H](N)CCCCN)C(C)C)C(=O)N[C@@H](C)C(=O)N[C@@H](CCSC)C(=O)N[C@@H](CO)C(=O)O.